The number of benzene rings is 1. The van der Waals surface area contributed by atoms with Crippen molar-refractivity contribution in [3.05, 3.63) is 50.6 Å². The Kier molecular flexibility index (Phi) is 8.98. The van der Waals surface area contributed by atoms with Crippen LogP contribution in [0.2, 0.25) is 0 Å². The van der Waals surface area contributed by atoms with Gasteiger partial charge in [-0.25, -0.2) is 13.8 Å². The number of aliphatic hydroxyl groups is 1. The lowest BCUT2D eigenvalue weighted by Gasteiger charge is -2.24. The first-order valence-corrected chi connectivity index (χ1v) is 13.5. The standard InChI is InChI=1S/C19H23FIN4O7PS/c1-10(18(27)30-2)24-33(29,32-12-5-3-11(21)4-6-12)31-9-13-16(26)15(20)17(34-13)25-8-7-14(22)23-19(25)28/h3-8,10,13,15-17,26H,9H2,1-2H3,(H,24,29)(H2,22,23,28)/t10?,13-,15+,16-,17-,33?/m1/s1. The summed E-state index contributed by atoms with van der Waals surface area (Å²) in [6, 6.07) is 6.85. The van der Waals surface area contributed by atoms with E-state index in [4.69, 9.17) is 14.8 Å². The zero-order chi connectivity index (χ0) is 25.0. The quantitative estimate of drug-likeness (QED) is 0.213. The van der Waals surface area contributed by atoms with Crippen molar-refractivity contribution in [2.24, 2.45) is 0 Å². The van der Waals surface area contributed by atoms with Gasteiger partial charge in [-0.3, -0.25) is 13.9 Å². The molecule has 4 N–H and O–H groups in total. The molecular weight excluding hydrogens is 605 g/mol. The highest BCUT2D eigenvalue weighted by Crippen LogP contribution is 2.49. The Balaban J connectivity index is 1.76. The van der Waals surface area contributed by atoms with Gasteiger partial charge in [-0.1, -0.05) is 0 Å². The van der Waals surface area contributed by atoms with Gasteiger partial charge in [0, 0.05) is 9.77 Å². The minimum atomic E-state index is -4.18. The van der Waals surface area contributed by atoms with Gasteiger partial charge in [-0.05, 0) is 59.8 Å². The number of nitrogens with zero attached hydrogens (tertiary/aromatic N) is 2. The second-order valence-corrected chi connectivity index (χ2v) is 11.6. The molecule has 1 aliphatic heterocycles. The van der Waals surface area contributed by atoms with Crippen LogP contribution in [0.1, 0.15) is 12.3 Å². The number of nitrogens with one attached hydrogen (secondary N) is 1. The largest absolute Gasteiger partial charge is 0.468 e. The number of carbonyl (C=O) groups is 1. The molecule has 0 bridgehead atoms. The van der Waals surface area contributed by atoms with E-state index in [1.165, 1.54) is 26.3 Å². The molecule has 11 nitrogen and oxygen atoms in total. The molecule has 1 saturated heterocycles. The molecule has 3 rings (SSSR count). The minimum absolute atomic E-state index is 0.0143. The van der Waals surface area contributed by atoms with Gasteiger partial charge in [0.2, 0.25) is 0 Å². The molecule has 0 radical (unpaired) electrons. The van der Waals surface area contributed by atoms with Crippen LogP contribution in [-0.2, 0) is 18.6 Å². The first kappa shape index (κ1) is 26.9. The number of hydrogen-bond acceptors (Lipinski definition) is 10. The molecule has 1 aromatic heterocycles. The molecule has 1 fully saturated rings. The third kappa shape index (κ3) is 6.49. The lowest BCUT2D eigenvalue weighted by Crippen LogP contribution is -2.36. The molecule has 6 atom stereocenters. The van der Waals surface area contributed by atoms with Gasteiger partial charge in [0.25, 0.3) is 0 Å². The van der Waals surface area contributed by atoms with Gasteiger partial charge < -0.3 is 20.1 Å². The Morgan fingerprint density at radius 1 is 1.41 bits per heavy atom. The number of aromatic nitrogens is 2. The maximum Gasteiger partial charge on any atom is 0.459 e. The molecule has 0 aliphatic carbocycles. The zero-order valence-electron chi connectivity index (χ0n) is 18.0. The summed E-state index contributed by atoms with van der Waals surface area (Å²) in [5.41, 5.74) is 4.71. The lowest BCUT2D eigenvalue weighted by atomic mass is 10.1. The number of nitrogen functional groups attached to an aromatic ring is 1. The summed E-state index contributed by atoms with van der Waals surface area (Å²) >= 11 is 3.00. The van der Waals surface area contributed by atoms with Gasteiger partial charge in [0.1, 0.15) is 29.1 Å². The molecule has 2 heterocycles. The molecule has 34 heavy (non-hydrogen) atoms. The monoisotopic (exact) mass is 628 g/mol. The highest BCUT2D eigenvalue weighted by atomic mass is 127. The van der Waals surface area contributed by atoms with Crippen molar-refractivity contribution in [1.82, 2.24) is 14.6 Å². The summed E-state index contributed by atoms with van der Waals surface area (Å²) in [6.45, 7) is 0.995. The fraction of sp³-hybridized carbons (Fsp3) is 0.421. The van der Waals surface area contributed by atoms with Gasteiger partial charge in [-0.15, -0.1) is 11.8 Å². The van der Waals surface area contributed by atoms with Gasteiger partial charge in [0.05, 0.1) is 19.0 Å². The van der Waals surface area contributed by atoms with Crippen LogP contribution in [0.15, 0.2) is 41.3 Å². The van der Waals surface area contributed by atoms with Crippen LogP contribution in [0, 0.1) is 3.57 Å². The molecule has 186 valence electrons. The van der Waals surface area contributed by atoms with E-state index in [0.29, 0.717) is 0 Å². The van der Waals surface area contributed by atoms with Crippen LogP contribution in [-0.4, -0.2) is 57.9 Å². The number of alkyl halides is 1. The second kappa shape index (κ2) is 11.4. The molecule has 1 aromatic carbocycles. The number of hydrogen-bond donors (Lipinski definition) is 3. The molecule has 0 saturated carbocycles. The van der Waals surface area contributed by atoms with Crippen LogP contribution in [0.4, 0.5) is 10.2 Å². The number of halogens is 2. The maximum atomic E-state index is 14.8. The fourth-order valence-corrected chi connectivity index (χ4v) is 6.44. The summed E-state index contributed by atoms with van der Waals surface area (Å²) in [5.74, 6) is -0.516. The Labute approximate surface area is 212 Å². The van der Waals surface area contributed by atoms with Crippen LogP contribution in [0.5, 0.6) is 5.75 Å². The van der Waals surface area contributed by atoms with E-state index in [0.717, 1.165) is 19.9 Å². The molecule has 0 spiro atoms. The average molecular weight is 628 g/mol. The number of thioether (sulfide) groups is 1. The van der Waals surface area contributed by atoms with Crippen molar-refractivity contribution in [2.75, 3.05) is 19.5 Å². The normalized spacial score (nSPS) is 24.9. The van der Waals surface area contributed by atoms with Gasteiger partial charge in [-0.2, -0.15) is 10.1 Å². The highest BCUT2D eigenvalue weighted by molar-refractivity contribution is 14.1. The Hall–Kier alpha value is -1.71. The van der Waals surface area contributed by atoms with Crippen LogP contribution < -0.4 is 21.0 Å². The summed E-state index contributed by atoms with van der Waals surface area (Å²) in [4.78, 5) is 27.5. The molecule has 15 heteroatoms. The van der Waals surface area contributed by atoms with E-state index >= 15 is 0 Å². The first-order valence-electron chi connectivity index (χ1n) is 9.90. The number of rotatable bonds is 9. The highest BCUT2D eigenvalue weighted by Gasteiger charge is 2.46. The van der Waals surface area contributed by atoms with Crippen molar-refractivity contribution in [2.45, 2.75) is 35.9 Å². The van der Waals surface area contributed by atoms with Gasteiger partial charge in [0.15, 0.2) is 6.17 Å². The summed E-state index contributed by atoms with van der Waals surface area (Å²) < 4.78 is 45.9. The van der Waals surface area contributed by atoms with E-state index < -0.39 is 55.0 Å². The summed E-state index contributed by atoms with van der Waals surface area (Å²) in [6.07, 6.45) is -2.08. The van der Waals surface area contributed by atoms with Crippen LogP contribution >= 0.6 is 42.1 Å². The van der Waals surface area contributed by atoms with Crippen molar-refractivity contribution in [3.63, 3.8) is 0 Å². The molecule has 2 unspecified atom stereocenters. The van der Waals surface area contributed by atoms with E-state index in [1.54, 1.807) is 24.3 Å². The number of aliphatic hydroxyl groups excluding tert-OH is 1. The van der Waals surface area contributed by atoms with Crippen molar-refractivity contribution >= 4 is 53.9 Å². The number of nitrogens with two attached hydrogens (primary N) is 1. The summed E-state index contributed by atoms with van der Waals surface area (Å²) in [7, 11) is -3.01. The van der Waals surface area contributed by atoms with E-state index in [9.17, 15) is 23.7 Å². The van der Waals surface area contributed by atoms with E-state index in [1.807, 2.05) is 0 Å². The molecule has 2 aromatic rings. The van der Waals surface area contributed by atoms with Crippen molar-refractivity contribution in [1.29, 1.82) is 0 Å². The number of methoxy groups -OCH3 is 1. The topological polar surface area (TPSA) is 155 Å². The SMILES string of the molecule is COC(=O)C(C)NP(=O)(OC[C@H]1S[C@@H](n2ccc(N)nc2=O)[C@@H](F)[C@@H]1O)Oc1ccc(I)cc1. The van der Waals surface area contributed by atoms with Crippen LogP contribution in [0.3, 0.4) is 0 Å². The number of ether oxygens (including phenoxy) is 1. The Morgan fingerprint density at radius 2 is 2.09 bits per heavy atom. The molecular formula is C19H23FIN4O7PS. The third-order valence-electron chi connectivity index (χ3n) is 4.77. The number of anilines is 1. The summed E-state index contributed by atoms with van der Waals surface area (Å²) in [5, 5.41) is 10.9. The maximum absolute atomic E-state index is 14.8. The predicted molar refractivity (Wildman–Crippen MR) is 132 cm³/mol. The van der Waals surface area contributed by atoms with Crippen LogP contribution in [0.25, 0.3) is 0 Å². The fourth-order valence-electron chi connectivity index (χ4n) is 3.05. The smallest absolute Gasteiger partial charge is 0.459 e. The number of carbonyl (C=O) groups excluding carboxylic acids is 1. The lowest BCUT2D eigenvalue weighted by molar-refractivity contribution is -0.142. The van der Waals surface area contributed by atoms with E-state index in [2.05, 4.69) is 37.4 Å². The second-order valence-electron chi connectivity index (χ2n) is 7.25. The van der Waals surface area contributed by atoms with Crippen molar-refractivity contribution in [3.8, 4) is 5.75 Å². The predicted octanol–water partition coefficient (Wildman–Crippen LogP) is 2.10. The third-order valence-corrected chi connectivity index (χ3v) is 8.67. The average Bonchev–Trinajstić information content (AvgIpc) is 3.07. The Bertz CT molecular complexity index is 1120. The first-order chi connectivity index (χ1) is 16.0. The zero-order valence-corrected chi connectivity index (χ0v) is 21.9. The van der Waals surface area contributed by atoms with Crippen molar-refractivity contribution < 1.29 is 32.6 Å². The minimum Gasteiger partial charge on any atom is -0.468 e. The van der Waals surface area contributed by atoms with E-state index in [-0.39, 0.29) is 11.6 Å². The number of esters is 1. The molecule has 0 amide bonds. The Morgan fingerprint density at radius 3 is 2.71 bits per heavy atom. The van der Waals surface area contributed by atoms with Gasteiger partial charge >= 0.3 is 19.4 Å². The molecule has 1 aliphatic rings.